The van der Waals surface area contributed by atoms with Crippen molar-refractivity contribution in [2.24, 2.45) is 0 Å². The topological polar surface area (TPSA) is 67.8 Å². The van der Waals surface area contributed by atoms with Gasteiger partial charge in [0.2, 0.25) is 0 Å². The second kappa shape index (κ2) is 5.84. The molecule has 0 amide bonds. The van der Waals surface area contributed by atoms with Crippen LogP contribution >= 0.6 is 0 Å². The van der Waals surface area contributed by atoms with Gasteiger partial charge < -0.3 is 19.9 Å². The molecule has 5 heteroatoms. The molecule has 2 N–H and O–H groups in total. The van der Waals surface area contributed by atoms with E-state index in [2.05, 4.69) is 5.32 Å². The lowest BCUT2D eigenvalue weighted by atomic mass is 9.93. The van der Waals surface area contributed by atoms with Crippen molar-refractivity contribution >= 4 is 5.97 Å². The van der Waals surface area contributed by atoms with Crippen LogP contribution in [0.25, 0.3) is 0 Å². The summed E-state index contributed by atoms with van der Waals surface area (Å²) in [5, 5.41) is 11.8. The summed E-state index contributed by atoms with van der Waals surface area (Å²) < 4.78 is 11.1. The predicted molar refractivity (Wildman–Crippen MR) is 65.7 cm³/mol. The number of aliphatic carboxylic acids is 1. The molecule has 0 radical (unpaired) electrons. The molecule has 2 rings (SSSR count). The number of carbonyl (C=O) groups is 1. The van der Waals surface area contributed by atoms with Crippen LogP contribution in [-0.2, 0) is 9.53 Å². The average Bonchev–Trinajstić information content (AvgIpc) is 2.32. The number of carboxylic acids is 1. The molecule has 1 heterocycles. The molecule has 0 saturated carbocycles. The van der Waals surface area contributed by atoms with Gasteiger partial charge in [-0.3, -0.25) is 4.79 Å². The highest BCUT2D eigenvalue weighted by molar-refractivity contribution is 5.68. The van der Waals surface area contributed by atoms with Gasteiger partial charge in [0.05, 0.1) is 13.0 Å². The van der Waals surface area contributed by atoms with E-state index in [1.54, 1.807) is 0 Å². The van der Waals surface area contributed by atoms with Gasteiger partial charge in [-0.25, -0.2) is 0 Å². The van der Waals surface area contributed by atoms with E-state index in [-0.39, 0.29) is 6.42 Å². The van der Waals surface area contributed by atoms with E-state index in [0.29, 0.717) is 26.3 Å². The number of para-hydroxylation sites is 1. The Hall–Kier alpha value is -1.59. The largest absolute Gasteiger partial charge is 0.491 e. The summed E-state index contributed by atoms with van der Waals surface area (Å²) in [6.07, 6.45) is 0.0331. The highest BCUT2D eigenvalue weighted by Gasteiger charge is 2.40. The van der Waals surface area contributed by atoms with Gasteiger partial charge in [-0.15, -0.1) is 0 Å². The number of rotatable bonds is 7. The van der Waals surface area contributed by atoms with Crippen LogP contribution in [0.3, 0.4) is 0 Å². The van der Waals surface area contributed by atoms with E-state index in [0.717, 1.165) is 5.75 Å². The first-order chi connectivity index (χ1) is 8.70. The minimum Gasteiger partial charge on any atom is -0.491 e. The Balaban J connectivity index is 1.70. The Bertz CT molecular complexity index is 389. The Morgan fingerprint density at radius 2 is 2.00 bits per heavy atom. The van der Waals surface area contributed by atoms with E-state index in [1.807, 2.05) is 30.3 Å². The summed E-state index contributed by atoms with van der Waals surface area (Å²) >= 11 is 0. The Labute approximate surface area is 106 Å². The zero-order valence-electron chi connectivity index (χ0n) is 10.1. The van der Waals surface area contributed by atoms with Crippen LogP contribution in [0.5, 0.6) is 5.75 Å². The number of nitrogens with one attached hydrogen (secondary N) is 1. The van der Waals surface area contributed by atoms with Crippen LogP contribution < -0.4 is 10.1 Å². The molecule has 1 aromatic carbocycles. The fraction of sp³-hybridized carbons (Fsp3) is 0.462. The van der Waals surface area contributed by atoms with Crippen molar-refractivity contribution in [3.8, 4) is 5.75 Å². The van der Waals surface area contributed by atoms with Gasteiger partial charge in [-0.1, -0.05) is 18.2 Å². The van der Waals surface area contributed by atoms with Gasteiger partial charge >= 0.3 is 5.97 Å². The molecule has 0 aromatic heterocycles. The van der Waals surface area contributed by atoms with Crippen molar-refractivity contribution in [3.05, 3.63) is 30.3 Å². The molecule has 0 atom stereocenters. The van der Waals surface area contributed by atoms with Gasteiger partial charge in [-0.2, -0.15) is 0 Å². The number of carboxylic acid groups (broad SMARTS) is 1. The second-order valence-corrected chi connectivity index (χ2v) is 4.37. The maximum absolute atomic E-state index is 10.7. The monoisotopic (exact) mass is 251 g/mol. The van der Waals surface area contributed by atoms with Crippen molar-refractivity contribution in [3.63, 3.8) is 0 Å². The fourth-order valence-corrected chi connectivity index (χ4v) is 1.89. The SMILES string of the molecule is O=C(O)CC1(OCCOc2ccccc2)CNC1. The third-order valence-electron chi connectivity index (χ3n) is 2.87. The molecule has 1 aliphatic rings. The molecule has 98 valence electrons. The number of benzene rings is 1. The summed E-state index contributed by atoms with van der Waals surface area (Å²) in [6, 6.07) is 9.47. The van der Waals surface area contributed by atoms with Crippen LogP contribution in [0.2, 0.25) is 0 Å². The Kier molecular flexibility index (Phi) is 4.17. The van der Waals surface area contributed by atoms with Crippen molar-refractivity contribution in [2.75, 3.05) is 26.3 Å². The predicted octanol–water partition coefficient (Wildman–Crippen LogP) is 0.899. The summed E-state index contributed by atoms with van der Waals surface area (Å²) in [4.78, 5) is 10.7. The second-order valence-electron chi connectivity index (χ2n) is 4.37. The first kappa shape index (κ1) is 12.9. The molecule has 1 aliphatic heterocycles. The quantitative estimate of drug-likeness (QED) is 0.705. The van der Waals surface area contributed by atoms with Crippen LogP contribution in [0.1, 0.15) is 6.42 Å². The molecular weight excluding hydrogens is 234 g/mol. The van der Waals surface area contributed by atoms with Gasteiger partial charge in [-0.05, 0) is 12.1 Å². The Morgan fingerprint density at radius 1 is 1.28 bits per heavy atom. The highest BCUT2D eigenvalue weighted by atomic mass is 16.5. The first-order valence-corrected chi connectivity index (χ1v) is 5.95. The Morgan fingerprint density at radius 3 is 2.56 bits per heavy atom. The van der Waals surface area contributed by atoms with Crippen LogP contribution in [-0.4, -0.2) is 43.0 Å². The van der Waals surface area contributed by atoms with E-state index in [1.165, 1.54) is 0 Å². The number of ether oxygens (including phenoxy) is 2. The van der Waals surface area contributed by atoms with Crippen molar-refractivity contribution in [2.45, 2.75) is 12.0 Å². The number of hydrogen-bond donors (Lipinski definition) is 2. The molecular formula is C13H17NO4. The molecule has 1 saturated heterocycles. The molecule has 0 spiro atoms. The standard InChI is InChI=1S/C13H17NO4/c15-12(16)8-13(9-14-10-13)18-7-6-17-11-4-2-1-3-5-11/h1-5,14H,6-10H2,(H,15,16). The van der Waals surface area contributed by atoms with Gasteiger partial charge in [0, 0.05) is 13.1 Å². The zero-order chi connectivity index (χ0) is 12.8. The molecule has 0 bridgehead atoms. The molecule has 0 unspecified atom stereocenters. The summed E-state index contributed by atoms with van der Waals surface area (Å²) in [5.41, 5.74) is -0.550. The fourth-order valence-electron chi connectivity index (χ4n) is 1.89. The van der Waals surface area contributed by atoms with Crippen LogP contribution in [0.15, 0.2) is 30.3 Å². The molecule has 18 heavy (non-hydrogen) atoms. The smallest absolute Gasteiger partial charge is 0.306 e. The minimum atomic E-state index is -0.833. The third-order valence-corrected chi connectivity index (χ3v) is 2.87. The zero-order valence-corrected chi connectivity index (χ0v) is 10.1. The normalized spacial score (nSPS) is 16.9. The maximum Gasteiger partial charge on any atom is 0.306 e. The lowest BCUT2D eigenvalue weighted by Crippen LogP contribution is -2.62. The van der Waals surface area contributed by atoms with Gasteiger partial charge in [0.1, 0.15) is 18.0 Å². The molecule has 1 aromatic rings. The van der Waals surface area contributed by atoms with E-state index < -0.39 is 11.6 Å². The van der Waals surface area contributed by atoms with E-state index >= 15 is 0 Å². The number of hydrogen-bond acceptors (Lipinski definition) is 4. The van der Waals surface area contributed by atoms with E-state index in [4.69, 9.17) is 14.6 Å². The lowest BCUT2D eigenvalue weighted by molar-refractivity contribution is -0.151. The van der Waals surface area contributed by atoms with Crippen LogP contribution in [0, 0.1) is 0 Å². The van der Waals surface area contributed by atoms with Gasteiger partial charge in [0.25, 0.3) is 0 Å². The first-order valence-electron chi connectivity index (χ1n) is 5.95. The molecule has 5 nitrogen and oxygen atoms in total. The third kappa shape index (κ3) is 3.45. The van der Waals surface area contributed by atoms with E-state index in [9.17, 15) is 4.79 Å². The lowest BCUT2D eigenvalue weighted by Gasteiger charge is -2.41. The average molecular weight is 251 g/mol. The van der Waals surface area contributed by atoms with Crippen molar-refractivity contribution < 1.29 is 19.4 Å². The highest BCUT2D eigenvalue weighted by Crippen LogP contribution is 2.21. The molecule has 1 fully saturated rings. The summed E-state index contributed by atoms with van der Waals surface area (Å²) in [5.74, 6) is -0.0411. The van der Waals surface area contributed by atoms with Gasteiger partial charge in [0.15, 0.2) is 0 Å². The molecule has 0 aliphatic carbocycles. The van der Waals surface area contributed by atoms with Crippen molar-refractivity contribution in [1.29, 1.82) is 0 Å². The minimum absolute atomic E-state index is 0.0331. The van der Waals surface area contributed by atoms with Crippen LogP contribution in [0.4, 0.5) is 0 Å². The summed E-state index contributed by atoms with van der Waals surface area (Å²) in [7, 11) is 0. The van der Waals surface area contributed by atoms with Crippen molar-refractivity contribution in [1.82, 2.24) is 5.32 Å². The summed E-state index contributed by atoms with van der Waals surface area (Å²) in [6.45, 7) is 1.99. The maximum atomic E-state index is 10.7.